The Balaban J connectivity index is 0. The SMILES string of the molecule is [GeH4].[O]=[Ge]=[O]. The van der Waals surface area contributed by atoms with Gasteiger partial charge in [-0.15, -0.1) is 0 Å². The topological polar surface area (TPSA) is 34.1 Å². The Bertz CT molecular complexity index is 25.0. The normalized spacial score (nSPS) is 2.00. The van der Waals surface area contributed by atoms with Gasteiger partial charge in [0, 0.05) is 0 Å². The fourth-order valence-corrected chi connectivity index (χ4v) is 0. The monoisotopic (exact) mass is 184 g/mol. The molecule has 0 saturated carbocycles. The van der Waals surface area contributed by atoms with E-state index in [-0.39, 0.29) is 17.6 Å². The summed E-state index contributed by atoms with van der Waals surface area (Å²) < 4.78 is 17.0. The summed E-state index contributed by atoms with van der Waals surface area (Å²) in [5.41, 5.74) is 0. The number of hydrogen-bond acceptors (Lipinski definition) is 2. The zero-order valence-electron chi connectivity index (χ0n) is 1.32. The summed E-state index contributed by atoms with van der Waals surface area (Å²) in [6, 6.07) is 0. The molecular weight excluding hydrogens is 177 g/mol. The first-order valence-corrected chi connectivity index (χ1v) is 2.12. The van der Waals surface area contributed by atoms with Gasteiger partial charge in [0.1, 0.15) is 0 Å². The van der Waals surface area contributed by atoms with Crippen LogP contribution in [0.5, 0.6) is 0 Å². The van der Waals surface area contributed by atoms with Crippen LogP contribution in [0.1, 0.15) is 0 Å². The molecule has 0 unspecified atom stereocenters. The van der Waals surface area contributed by atoms with Crippen molar-refractivity contribution in [3.8, 4) is 0 Å². The molecular formula is H4Ge2O2. The van der Waals surface area contributed by atoms with E-state index in [0.717, 1.165) is 0 Å². The predicted octanol–water partition coefficient (Wildman–Crippen LogP) is -2.07. The van der Waals surface area contributed by atoms with Crippen LogP contribution in [0.3, 0.4) is 0 Å². The van der Waals surface area contributed by atoms with Gasteiger partial charge in [0.05, 0.1) is 0 Å². The Hall–Kier alpha value is 0.686. The van der Waals surface area contributed by atoms with Gasteiger partial charge in [0.25, 0.3) is 0 Å². The summed E-state index contributed by atoms with van der Waals surface area (Å²) in [4.78, 5) is 0. The average molecular weight is 181 g/mol. The summed E-state index contributed by atoms with van der Waals surface area (Å²) in [7, 11) is 0. The van der Waals surface area contributed by atoms with Crippen LogP contribution < -0.4 is 0 Å². The van der Waals surface area contributed by atoms with Gasteiger partial charge in [0.2, 0.25) is 0 Å². The molecule has 0 aliphatic heterocycles. The van der Waals surface area contributed by atoms with Crippen molar-refractivity contribution in [2.75, 3.05) is 0 Å². The minimum absolute atomic E-state index is 0. The molecule has 0 spiro atoms. The first-order valence-electron chi connectivity index (χ1n) is 0.408. The van der Waals surface area contributed by atoms with Crippen LogP contribution in [-0.2, 0) is 7.56 Å². The fraction of sp³-hybridized carbons (Fsp3) is 0. The van der Waals surface area contributed by atoms with Gasteiger partial charge < -0.3 is 0 Å². The Kier molecular flexibility index (Phi) is 20.6. The van der Waals surface area contributed by atoms with Gasteiger partial charge in [-0.3, -0.25) is 0 Å². The first kappa shape index (κ1) is 8.82. The zero-order chi connectivity index (χ0) is 2.71. The van der Waals surface area contributed by atoms with Crippen molar-refractivity contribution < 1.29 is 7.56 Å². The van der Waals surface area contributed by atoms with Crippen molar-refractivity contribution in [1.29, 1.82) is 0 Å². The molecule has 0 saturated heterocycles. The van der Waals surface area contributed by atoms with E-state index >= 15 is 0 Å². The molecule has 24 valence electrons. The van der Waals surface area contributed by atoms with Gasteiger partial charge in [-0.25, -0.2) is 0 Å². The molecule has 4 heteroatoms. The summed E-state index contributed by atoms with van der Waals surface area (Å²) in [6.45, 7) is 0. The van der Waals surface area contributed by atoms with Crippen molar-refractivity contribution in [2.24, 2.45) is 0 Å². The van der Waals surface area contributed by atoms with Gasteiger partial charge in [-0.1, -0.05) is 0 Å². The van der Waals surface area contributed by atoms with E-state index in [1.54, 1.807) is 0 Å². The standard InChI is InChI=1S/GeO2.GeH4/c2-1-3;/h;1H4. The van der Waals surface area contributed by atoms with Crippen molar-refractivity contribution in [2.45, 2.75) is 0 Å². The van der Waals surface area contributed by atoms with E-state index in [1.807, 2.05) is 0 Å². The Morgan fingerprint density at radius 3 is 1.25 bits per heavy atom. The van der Waals surface area contributed by atoms with Gasteiger partial charge >= 0.3 is 40.5 Å². The molecule has 0 aliphatic rings. The molecule has 0 radical (unpaired) electrons. The molecule has 0 atom stereocenters. The molecule has 0 amide bonds. The molecule has 0 bridgehead atoms. The Labute approximate surface area is 40.8 Å². The molecule has 0 rings (SSSR count). The van der Waals surface area contributed by atoms with Crippen molar-refractivity contribution >= 4 is 32.9 Å². The molecule has 0 aromatic carbocycles. The van der Waals surface area contributed by atoms with E-state index < -0.39 is 15.3 Å². The second kappa shape index (κ2) is 9.36. The Morgan fingerprint density at radius 1 is 1.25 bits per heavy atom. The van der Waals surface area contributed by atoms with Crippen LogP contribution in [0, 0.1) is 0 Å². The maximum atomic E-state index is 8.50. The van der Waals surface area contributed by atoms with Crippen molar-refractivity contribution in [3.05, 3.63) is 0 Å². The molecule has 0 aliphatic carbocycles. The van der Waals surface area contributed by atoms with Crippen LogP contribution in [-0.4, -0.2) is 32.9 Å². The van der Waals surface area contributed by atoms with E-state index in [1.165, 1.54) is 0 Å². The van der Waals surface area contributed by atoms with E-state index in [9.17, 15) is 0 Å². The van der Waals surface area contributed by atoms with E-state index in [0.29, 0.717) is 0 Å². The average Bonchev–Trinajstić information content (AvgIpc) is 0.918. The number of rotatable bonds is 0. The summed E-state index contributed by atoms with van der Waals surface area (Å²) in [6.07, 6.45) is 0. The molecule has 4 heavy (non-hydrogen) atoms. The van der Waals surface area contributed by atoms with Crippen molar-refractivity contribution in [3.63, 3.8) is 0 Å². The number of hydrogen-bond donors (Lipinski definition) is 0. The Morgan fingerprint density at radius 2 is 1.25 bits per heavy atom. The third-order valence-corrected chi connectivity index (χ3v) is 0. The predicted molar refractivity (Wildman–Crippen MR) is 18.5 cm³/mol. The van der Waals surface area contributed by atoms with Crippen LogP contribution in [0.25, 0.3) is 0 Å². The molecule has 0 N–H and O–H groups in total. The van der Waals surface area contributed by atoms with Crippen molar-refractivity contribution in [1.82, 2.24) is 0 Å². The maximum absolute atomic E-state index is 8.50. The van der Waals surface area contributed by atoms with Gasteiger partial charge in [-0.2, -0.15) is 0 Å². The van der Waals surface area contributed by atoms with E-state index in [2.05, 4.69) is 0 Å². The van der Waals surface area contributed by atoms with Crippen LogP contribution in [0.4, 0.5) is 0 Å². The van der Waals surface area contributed by atoms with Crippen LogP contribution in [0.2, 0.25) is 0 Å². The summed E-state index contributed by atoms with van der Waals surface area (Å²) in [5.74, 6) is 0. The summed E-state index contributed by atoms with van der Waals surface area (Å²) in [5, 5.41) is 0. The molecule has 0 fully saturated rings. The fourth-order valence-electron chi connectivity index (χ4n) is 0. The zero-order valence-corrected chi connectivity index (χ0v) is 3.41. The molecule has 0 aromatic heterocycles. The summed E-state index contributed by atoms with van der Waals surface area (Å²) >= 11 is -2.00. The van der Waals surface area contributed by atoms with Gasteiger partial charge in [0.15, 0.2) is 0 Å². The molecule has 0 heterocycles. The minimum atomic E-state index is -2.00. The van der Waals surface area contributed by atoms with Crippen LogP contribution >= 0.6 is 0 Å². The second-order valence-corrected chi connectivity index (χ2v) is 0.433. The third kappa shape index (κ3) is 16.2. The second-order valence-electron chi connectivity index (χ2n) is 0.0833. The third-order valence-electron chi connectivity index (χ3n) is 0. The quantitative estimate of drug-likeness (QED) is 0.402. The molecule has 2 nitrogen and oxygen atoms in total. The van der Waals surface area contributed by atoms with Gasteiger partial charge in [-0.05, 0) is 0 Å². The first-order chi connectivity index (χ1) is 1.41. The van der Waals surface area contributed by atoms with Crippen LogP contribution in [0.15, 0.2) is 0 Å². The van der Waals surface area contributed by atoms with E-state index in [4.69, 9.17) is 7.56 Å². The molecule has 0 aromatic rings.